The number of hydrogen-bond donors (Lipinski definition) is 2. The summed E-state index contributed by atoms with van der Waals surface area (Å²) in [5.41, 5.74) is 7.16. The molecule has 0 atom stereocenters. The van der Waals surface area contributed by atoms with E-state index in [1.807, 2.05) is 6.92 Å². The molecule has 2 aromatic heterocycles. The molecule has 0 saturated heterocycles. The molecule has 100 valence electrons. The molecule has 0 spiro atoms. The molecular formula is C12H14N4O3. The largest absolute Gasteiger partial charge is 0.465 e. The minimum absolute atomic E-state index is 0.241. The van der Waals surface area contributed by atoms with Crippen LogP contribution in [-0.4, -0.2) is 23.2 Å². The molecule has 0 aliphatic carbocycles. The molecule has 0 fully saturated rings. The van der Waals surface area contributed by atoms with Crippen molar-refractivity contribution >= 4 is 17.5 Å². The SMILES string of the molecule is COC(=O)c1ccnc(NCc2cc(C)no2)c1N. The zero-order chi connectivity index (χ0) is 13.8. The summed E-state index contributed by atoms with van der Waals surface area (Å²) in [4.78, 5) is 15.5. The fourth-order valence-electron chi connectivity index (χ4n) is 1.57. The minimum Gasteiger partial charge on any atom is -0.465 e. The third-order valence-electron chi connectivity index (χ3n) is 2.50. The second kappa shape index (κ2) is 5.38. The number of aromatic nitrogens is 2. The Balaban J connectivity index is 2.14. The van der Waals surface area contributed by atoms with Crippen LogP contribution in [0, 0.1) is 6.92 Å². The number of nitrogens with two attached hydrogens (primary N) is 1. The summed E-state index contributed by atoms with van der Waals surface area (Å²) in [7, 11) is 1.30. The monoisotopic (exact) mass is 262 g/mol. The number of nitrogen functional groups attached to an aromatic ring is 1. The third-order valence-corrected chi connectivity index (χ3v) is 2.50. The van der Waals surface area contributed by atoms with Crippen LogP contribution in [0.25, 0.3) is 0 Å². The van der Waals surface area contributed by atoms with Crippen molar-refractivity contribution in [2.75, 3.05) is 18.2 Å². The third kappa shape index (κ3) is 2.82. The molecule has 7 heteroatoms. The van der Waals surface area contributed by atoms with Gasteiger partial charge in [-0.3, -0.25) is 0 Å². The van der Waals surface area contributed by atoms with Crippen molar-refractivity contribution in [3.63, 3.8) is 0 Å². The fraction of sp³-hybridized carbons (Fsp3) is 0.250. The van der Waals surface area contributed by atoms with Crippen LogP contribution in [-0.2, 0) is 11.3 Å². The van der Waals surface area contributed by atoms with E-state index in [4.69, 9.17) is 10.3 Å². The van der Waals surface area contributed by atoms with Crippen molar-refractivity contribution < 1.29 is 14.1 Å². The van der Waals surface area contributed by atoms with Crippen LogP contribution in [0.2, 0.25) is 0 Å². The summed E-state index contributed by atoms with van der Waals surface area (Å²) in [6.07, 6.45) is 1.48. The lowest BCUT2D eigenvalue weighted by Crippen LogP contribution is -2.10. The van der Waals surface area contributed by atoms with Crippen molar-refractivity contribution in [2.24, 2.45) is 0 Å². The van der Waals surface area contributed by atoms with Crippen molar-refractivity contribution in [3.8, 4) is 0 Å². The standard InChI is InChI=1S/C12H14N4O3/c1-7-5-8(19-16-7)6-15-11-10(13)9(3-4-14-11)12(17)18-2/h3-5H,6,13H2,1-2H3,(H,14,15). The molecule has 2 rings (SSSR count). The number of carbonyl (C=O) groups excluding carboxylic acids is 1. The van der Waals surface area contributed by atoms with E-state index < -0.39 is 5.97 Å². The van der Waals surface area contributed by atoms with E-state index in [0.717, 1.165) is 5.69 Å². The van der Waals surface area contributed by atoms with Crippen LogP contribution < -0.4 is 11.1 Å². The predicted molar refractivity (Wildman–Crippen MR) is 68.6 cm³/mol. The van der Waals surface area contributed by atoms with Gasteiger partial charge in [-0.15, -0.1) is 0 Å². The number of hydrogen-bond acceptors (Lipinski definition) is 7. The van der Waals surface area contributed by atoms with Gasteiger partial charge in [-0.25, -0.2) is 9.78 Å². The first-order valence-corrected chi connectivity index (χ1v) is 5.60. The highest BCUT2D eigenvalue weighted by Gasteiger charge is 2.14. The first-order valence-electron chi connectivity index (χ1n) is 5.60. The highest BCUT2D eigenvalue weighted by molar-refractivity contribution is 5.97. The quantitative estimate of drug-likeness (QED) is 0.801. The molecule has 7 nitrogen and oxygen atoms in total. The average Bonchev–Trinajstić information content (AvgIpc) is 2.82. The summed E-state index contributed by atoms with van der Waals surface area (Å²) in [6, 6.07) is 3.30. The van der Waals surface area contributed by atoms with E-state index >= 15 is 0 Å². The van der Waals surface area contributed by atoms with E-state index in [2.05, 4.69) is 20.2 Å². The lowest BCUT2D eigenvalue weighted by molar-refractivity contribution is 0.0602. The van der Waals surface area contributed by atoms with E-state index in [1.165, 1.54) is 19.4 Å². The molecule has 0 amide bonds. The van der Waals surface area contributed by atoms with Gasteiger partial charge >= 0.3 is 5.97 Å². The summed E-state index contributed by atoms with van der Waals surface area (Å²) >= 11 is 0. The van der Waals surface area contributed by atoms with E-state index in [-0.39, 0.29) is 11.3 Å². The molecule has 0 unspecified atom stereocenters. The van der Waals surface area contributed by atoms with Crippen LogP contribution >= 0.6 is 0 Å². The molecule has 2 heterocycles. The van der Waals surface area contributed by atoms with E-state index in [9.17, 15) is 4.79 Å². The van der Waals surface area contributed by atoms with Gasteiger partial charge in [0.05, 0.1) is 30.6 Å². The summed E-state index contributed by atoms with van der Waals surface area (Å²) in [6.45, 7) is 2.21. The Hall–Kier alpha value is -2.57. The van der Waals surface area contributed by atoms with Crippen LogP contribution in [0.1, 0.15) is 21.8 Å². The van der Waals surface area contributed by atoms with Crippen molar-refractivity contribution in [2.45, 2.75) is 13.5 Å². The number of aryl methyl sites for hydroxylation is 1. The normalized spacial score (nSPS) is 10.2. The molecule has 0 aliphatic rings. The highest BCUT2D eigenvalue weighted by atomic mass is 16.5. The van der Waals surface area contributed by atoms with Gasteiger partial charge in [0.15, 0.2) is 5.76 Å². The maximum atomic E-state index is 11.5. The maximum absolute atomic E-state index is 11.5. The number of methoxy groups -OCH3 is 1. The van der Waals surface area contributed by atoms with E-state index in [0.29, 0.717) is 18.1 Å². The number of carbonyl (C=O) groups is 1. The van der Waals surface area contributed by atoms with Gasteiger partial charge in [-0.1, -0.05) is 5.16 Å². The topological polar surface area (TPSA) is 103 Å². The smallest absolute Gasteiger partial charge is 0.340 e. The Labute approximate surface area is 109 Å². The highest BCUT2D eigenvalue weighted by Crippen LogP contribution is 2.21. The number of esters is 1. The Bertz CT molecular complexity index is 594. The molecular weight excluding hydrogens is 248 g/mol. The van der Waals surface area contributed by atoms with Crippen LogP contribution in [0.5, 0.6) is 0 Å². The summed E-state index contributed by atoms with van der Waals surface area (Å²) in [5.74, 6) is 0.553. The molecule has 0 saturated carbocycles. The van der Waals surface area contributed by atoms with Crippen LogP contribution in [0.3, 0.4) is 0 Å². The second-order valence-corrected chi connectivity index (χ2v) is 3.90. The van der Waals surface area contributed by atoms with Gasteiger partial charge in [-0.05, 0) is 13.0 Å². The van der Waals surface area contributed by atoms with Gasteiger partial charge in [0.25, 0.3) is 0 Å². The Morgan fingerprint density at radius 1 is 1.58 bits per heavy atom. The molecule has 19 heavy (non-hydrogen) atoms. The fourth-order valence-corrected chi connectivity index (χ4v) is 1.57. The molecule has 0 radical (unpaired) electrons. The van der Waals surface area contributed by atoms with Crippen molar-refractivity contribution in [1.29, 1.82) is 0 Å². The predicted octanol–water partition coefficient (Wildman–Crippen LogP) is 1.36. The zero-order valence-electron chi connectivity index (χ0n) is 10.6. The summed E-state index contributed by atoms with van der Waals surface area (Å²) in [5, 5.41) is 6.75. The van der Waals surface area contributed by atoms with Crippen LogP contribution in [0.15, 0.2) is 22.9 Å². The Morgan fingerprint density at radius 2 is 2.37 bits per heavy atom. The first kappa shape index (κ1) is 12.9. The second-order valence-electron chi connectivity index (χ2n) is 3.90. The minimum atomic E-state index is -0.501. The van der Waals surface area contributed by atoms with Gasteiger partial charge in [0.1, 0.15) is 5.82 Å². The molecule has 0 aromatic carbocycles. The van der Waals surface area contributed by atoms with Gasteiger partial charge in [-0.2, -0.15) is 0 Å². The Kier molecular flexibility index (Phi) is 3.65. The van der Waals surface area contributed by atoms with Crippen molar-refractivity contribution in [1.82, 2.24) is 10.1 Å². The molecule has 0 aliphatic heterocycles. The van der Waals surface area contributed by atoms with E-state index in [1.54, 1.807) is 6.07 Å². The first-order chi connectivity index (χ1) is 9.11. The maximum Gasteiger partial charge on any atom is 0.340 e. The molecule has 2 aromatic rings. The van der Waals surface area contributed by atoms with Gasteiger partial charge in [0.2, 0.25) is 0 Å². The lowest BCUT2D eigenvalue weighted by Gasteiger charge is -2.09. The number of anilines is 2. The summed E-state index contributed by atoms with van der Waals surface area (Å²) < 4.78 is 9.69. The number of ether oxygens (including phenoxy) is 1. The van der Waals surface area contributed by atoms with Crippen molar-refractivity contribution in [3.05, 3.63) is 35.3 Å². The zero-order valence-corrected chi connectivity index (χ0v) is 10.6. The number of nitrogens with zero attached hydrogens (tertiary/aromatic N) is 2. The molecule has 3 N–H and O–H groups in total. The number of pyridine rings is 1. The molecule has 0 bridgehead atoms. The Morgan fingerprint density at radius 3 is 3.00 bits per heavy atom. The average molecular weight is 262 g/mol. The van der Waals surface area contributed by atoms with Gasteiger partial charge < -0.3 is 20.3 Å². The lowest BCUT2D eigenvalue weighted by atomic mass is 10.2. The van der Waals surface area contributed by atoms with Gasteiger partial charge in [0, 0.05) is 12.3 Å². The van der Waals surface area contributed by atoms with Crippen LogP contribution in [0.4, 0.5) is 11.5 Å². The number of rotatable bonds is 4. The number of nitrogens with one attached hydrogen (secondary N) is 1.